The Balaban J connectivity index is 1.77. The molecule has 0 radical (unpaired) electrons. The number of hydrogen-bond acceptors (Lipinski definition) is 3. The van der Waals surface area contributed by atoms with Crippen LogP contribution >= 0.6 is 0 Å². The van der Waals surface area contributed by atoms with Gasteiger partial charge in [0.15, 0.2) is 0 Å². The monoisotopic (exact) mass is 298 g/mol. The van der Waals surface area contributed by atoms with Crippen LogP contribution in [0.15, 0.2) is 60.7 Å². The van der Waals surface area contributed by atoms with E-state index in [0.29, 0.717) is 6.42 Å². The number of aliphatic hydroxyl groups excluding tert-OH is 1. The molecule has 3 heteroatoms. The smallest absolute Gasteiger partial charge is 0.311 e. The van der Waals surface area contributed by atoms with E-state index in [1.165, 1.54) is 0 Å². The maximum absolute atomic E-state index is 12.0. The van der Waals surface area contributed by atoms with Crippen molar-refractivity contribution in [2.24, 2.45) is 5.92 Å². The van der Waals surface area contributed by atoms with Gasteiger partial charge >= 0.3 is 5.97 Å². The van der Waals surface area contributed by atoms with Gasteiger partial charge in [0.05, 0.1) is 12.0 Å². The molecule has 0 fully saturated rings. The Bertz CT molecular complexity index is 566. The topological polar surface area (TPSA) is 46.5 Å². The zero-order chi connectivity index (χ0) is 15.8. The van der Waals surface area contributed by atoms with E-state index in [-0.39, 0.29) is 12.6 Å². The number of aliphatic hydroxyl groups is 1. The lowest BCUT2D eigenvalue weighted by Crippen LogP contribution is -2.27. The van der Waals surface area contributed by atoms with Crippen molar-refractivity contribution in [1.82, 2.24) is 0 Å². The number of esters is 1. The molecule has 0 spiro atoms. The van der Waals surface area contributed by atoms with Crippen molar-refractivity contribution >= 4 is 5.97 Å². The zero-order valence-electron chi connectivity index (χ0n) is 12.8. The lowest BCUT2D eigenvalue weighted by atomic mass is 9.98. The molecule has 0 aliphatic heterocycles. The number of ether oxygens (including phenoxy) is 1. The van der Waals surface area contributed by atoms with Crippen molar-refractivity contribution < 1.29 is 14.6 Å². The first-order valence-corrected chi connectivity index (χ1v) is 7.59. The molecule has 2 aromatic carbocycles. The van der Waals surface area contributed by atoms with Crippen molar-refractivity contribution in [3.63, 3.8) is 0 Å². The predicted molar refractivity (Wildman–Crippen MR) is 86.2 cm³/mol. The van der Waals surface area contributed by atoms with Gasteiger partial charge in [0.25, 0.3) is 0 Å². The van der Waals surface area contributed by atoms with E-state index in [1.807, 2.05) is 60.7 Å². The Labute approximate surface area is 131 Å². The first-order chi connectivity index (χ1) is 10.7. The molecule has 1 N–H and O–H groups in total. The van der Waals surface area contributed by atoms with E-state index in [0.717, 1.165) is 17.5 Å². The van der Waals surface area contributed by atoms with Crippen molar-refractivity contribution in [3.8, 4) is 0 Å². The lowest BCUT2D eigenvalue weighted by Gasteiger charge is -2.17. The summed E-state index contributed by atoms with van der Waals surface area (Å²) >= 11 is 0. The van der Waals surface area contributed by atoms with E-state index >= 15 is 0 Å². The summed E-state index contributed by atoms with van der Waals surface area (Å²) in [6.07, 6.45) is 0.604. The van der Waals surface area contributed by atoms with E-state index < -0.39 is 12.0 Å². The van der Waals surface area contributed by atoms with Gasteiger partial charge in [0, 0.05) is 0 Å². The molecule has 0 bridgehead atoms. The van der Waals surface area contributed by atoms with Gasteiger partial charge in [-0.2, -0.15) is 0 Å². The highest BCUT2D eigenvalue weighted by atomic mass is 16.5. The molecular weight excluding hydrogens is 276 g/mol. The van der Waals surface area contributed by atoms with Gasteiger partial charge in [-0.1, -0.05) is 60.7 Å². The minimum Gasteiger partial charge on any atom is -0.461 e. The fraction of sp³-hybridized carbons (Fsp3) is 0.316. The summed E-state index contributed by atoms with van der Waals surface area (Å²) in [5.74, 6) is -0.878. The van der Waals surface area contributed by atoms with Crippen molar-refractivity contribution in [2.45, 2.75) is 32.5 Å². The van der Waals surface area contributed by atoms with Crippen LogP contribution in [0.2, 0.25) is 0 Å². The number of aryl methyl sites for hydroxylation is 1. The third-order valence-corrected chi connectivity index (χ3v) is 3.74. The fourth-order valence-corrected chi connectivity index (χ4v) is 2.23. The normalized spacial score (nSPS) is 13.4. The SMILES string of the molecule is C[C@H](C(=O)OCc1ccccc1)[C@@H](O)CCc1ccccc1. The van der Waals surface area contributed by atoms with E-state index in [2.05, 4.69) is 0 Å². The first-order valence-electron chi connectivity index (χ1n) is 7.59. The quantitative estimate of drug-likeness (QED) is 0.797. The lowest BCUT2D eigenvalue weighted by molar-refractivity contribution is -0.153. The maximum atomic E-state index is 12.0. The molecular formula is C19H22O3. The van der Waals surface area contributed by atoms with Crippen LogP contribution in [0.25, 0.3) is 0 Å². The molecule has 0 aliphatic rings. The second kappa shape index (κ2) is 8.35. The van der Waals surface area contributed by atoms with Crippen LogP contribution in [0.5, 0.6) is 0 Å². The summed E-state index contributed by atoms with van der Waals surface area (Å²) in [6.45, 7) is 1.96. The summed E-state index contributed by atoms with van der Waals surface area (Å²) in [7, 11) is 0. The molecule has 116 valence electrons. The molecule has 0 saturated carbocycles. The van der Waals surface area contributed by atoms with Crippen LogP contribution in [0, 0.1) is 5.92 Å². The van der Waals surface area contributed by atoms with Crippen LogP contribution in [0.1, 0.15) is 24.5 Å². The predicted octanol–water partition coefficient (Wildman–Crippen LogP) is 3.36. The summed E-state index contributed by atoms with van der Waals surface area (Å²) < 4.78 is 5.26. The standard InChI is InChI=1S/C19H22O3/c1-15(18(20)13-12-16-8-4-2-5-9-16)19(21)22-14-17-10-6-3-7-11-17/h2-11,15,18,20H,12-14H2,1H3/t15-,18-/m0/s1. The van der Waals surface area contributed by atoms with Gasteiger partial charge in [0.1, 0.15) is 6.61 Å². The van der Waals surface area contributed by atoms with Crippen LogP contribution < -0.4 is 0 Å². The van der Waals surface area contributed by atoms with Crippen molar-refractivity contribution in [3.05, 3.63) is 71.8 Å². The van der Waals surface area contributed by atoms with Crippen LogP contribution in [0.3, 0.4) is 0 Å². The van der Waals surface area contributed by atoms with Crippen molar-refractivity contribution in [1.29, 1.82) is 0 Å². The number of carbonyl (C=O) groups excluding carboxylic acids is 1. The van der Waals surface area contributed by atoms with E-state index in [4.69, 9.17) is 4.74 Å². The molecule has 0 aliphatic carbocycles. The molecule has 0 saturated heterocycles. The minimum absolute atomic E-state index is 0.245. The third-order valence-electron chi connectivity index (χ3n) is 3.74. The largest absolute Gasteiger partial charge is 0.461 e. The summed E-state index contributed by atoms with van der Waals surface area (Å²) in [6, 6.07) is 19.5. The number of hydrogen-bond donors (Lipinski definition) is 1. The Morgan fingerprint density at radius 2 is 1.55 bits per heavy atom. The van der Waals surface area contributed by atoms with Gasteiger partial charge < -0.3 is 9.84 Å². The third kappa shape index (κ3) is 5.01. The molecule has 2 aromatic rings. The number of benzene rings is 2. The average molecular weight is 298 g/mol. The van der Waals surface area contributed by atoms with E-state index in [1.54, 1.807) is 6.92 Å². The highest BCUT2D eigenvalue weighted by Crippen LogP contribution is 2.14. The first kappa shape index (κ1) is 16.2. The molecule has 3 nitrogen and oxygen atoms in total. The molecule has 2 rings (SSSR count). The van der Waals surface area contributed by atoms with Crippen LogP contribution in [-0.4, -0.2) is 17.2 Å². The highest BCUT2D eigenvalue weighted by Gasteiger charge is 2.23. The summed E-state index contributed by atoms with van der Waals surface area (Å²) in [4.78, 5) is 12.0. The molecule has 22 heavy (non-hydrogen) atoms. The molecule has 0 unspecified atom stereocenters. The fourth-order valence-electron chi connectivity index (χ4n) is 2.23. The molecule has 0 amide bonds. The maximum Gasteiger partial charge on any atom is 0.311 e. The second-order valence-corrected chi connectivity index (χ2v) is 5.47. The molecule has 0 aromatic heterocycles. The van der Waals surface area contributed by atoms with Gasteiger partial charge in [-0.25, -0.2) is 0 Å². The van der Waals surface area contributed by atoms with Crippen LogP contribution in [0.4, 0.5) is 0 Å². The second-order valence-electron chi connectivity index (χ2n) is 5.47. The Morgan fingerprint density at radius 1 is 1.00 bits per heavy atom. The molecule has 2 atom stereocenters. The molecule has 0 heterocycles. The average Bonchev–Trinajstić information content (AvgIpc) is 2.58. The Morgan fingerprint density at radius 3 is 2.14 bits per heavy atom. The van der Waals surface area contributed by atoms with Gasteiger partial charge in [-0.05, 0) is 30.9 Å². The number of rotatable bonds is 7. The van der Waals surface area contributed by atoms with E-state index in [9.17, 15) is 9.90 Å². The number of carbonyl (C=O) groups is 1. The Hall–Kier alpha value is -2.13. The zero-order valence-corrected chi connectivity index (χ0v) is 12.8. The van der Waals surface area contributed by atoms with Crippen LogP contribution in [-0.2, 0) is 22.6 Å². The van der Waals surface area contributed by atoms with Gasteiger partial charge in [-0.15, -0.1) is 0 Å². The van der Waals surface area contributed by atoms with Gasteiger partial charge in [-0.3, -0.25) is 4.79 Å². The highest BCUT2D eigenvalue weighted by molar-refractivity contribution is 5.72. The van der Waals surface area contributed by atoms with Crippen molar-refractivity contribution in [2.75, 3.05) is 0 Å². The summed E-state index contributed by atoms with van der Waals surface area (Å²) in [5.41, 5.74) is 2.10. The van der Waals surface area contributed by atoms with Gasteiger partial charge in [0.2, 0.25) is 0 Å². The Kier molecular flexibility index (Phi) is 6.16. The summed E-state index contributed by atoms with van der Waals surface area (Å²) in [5, 5.41) is 10.1. The minimum atomic E-state index is -0.691.